The third-order valence-electron chi connectivity index (χ3n) is 13.1. The highest BCUT2D eigenvalue weighted by molar-refractivity contribution is 6.09. The summed E-state index contributed by atoms with van der Waals surface area (Å²) in [5.41, 5.74) is 20.3. The number of benzene rings is 6. The first-order valence-corrected chi connectivity index (χ1v) is 19.1. The monoisotopic (exact) mass is 684 g/mol. The van der Waals surface area contributed by atoms with Crippen LogP contribution >= 0.6 is 0 Å². The van der Waals surface area contributed by atoms with Gasteiger partial charge in [-0.15, -0.1) is 0 Å². The first-order valence-electron chi connectivity index (χ1n) is 19.1. The Kier molecular flexibility index (Phi) is 5.47. The van der Waals surface area contributed by atoms with Crippen LogP contribution in [0.3, 0.4) is 0 Å². The molecule has 6 aliphatic carbocycles. The van der Waals surface area contributed by atoms with E-state index in [0.29, 0.717) is 5.92 Å². The molecule has 1 nitrogen and oxygen atoms in total. The molecule has 1 heterocycles. The Morgan fingerprint density at radius 2 is 1.35 bits per heavy atom. The highest BCUT2D eigenvalue weighted by Gasteiger charge is 2.55. The molecular weight excluding hydrogens is 653 g/mol. The summed E-state index contributed by atoms with van der Waals surface area (Å²) >= 11 is 0. The van der Waals surface area contributed by atoms with E-state index in [-0.39, 0.29) is 5.92 Å². The summed E-state index contributed by atoms with van der Waals surface area (Å²) < 4.78 is 6.83. The van der Waals surface area contributed by atoms with Gasteiger partial charge in [-0.25, -0.2) is 0 Å². The Hall–Kier alpha value is -6.70. The molecule has 0 N–H and O–H groups in total. The second kappa shape index (κ2) is 10.2. The number of allylic oxidation sites excluding steroid dienone is 14. The van der Waals surface area contributed by atoms with Crippen LogP contribution in [0.25, 0.3) is 55.3 Å². The molecule has 0 radical (unpaired) electrons. The van der Waals surface area contributed by atoms with Crippen molar-refractivity contribution in [2.45, 2.75) is 5.41 Å². The van der Waals surface area contributed by atoms with Gasteiger partial charge in [-0.3, -0.25) is 0 Å². The van der Waals surface area contributed by atoms with Gasteiger partial charge >= 0.3 is 0 Å². The van der Waals surface area contributed by atoms with Crippen LogP contribution in [0.15, 0.2) is 209 Å². The molecule has 0 amide bonds. The fourth-order valence-electron chi connectivity index (χ4n) is 11.0. The Balaban J connectivity index is 1.09. The van der Waals surface area contributed by atoms with E-state index in [1.807, 2.05) is 0 Å². The van der Waals surface area contributed by atoms with E-state index in [4.69, 9.17) is 4.42 Å². The summed E-state index contributed by atoms with van der Waals surface area (Å²) in [5, 5.41) is 3.74. The van der Waals surface area contributed by atoms with Crippen molar-refractivity contribution in [3.63, 3.8) is 0 Å². The topological polar surface area (TPSA) is 13.1 Å². The van der Waals surface area contributed by atoms with E-state index >= 15 is 0 Å². The molecule has 3 unspecified atom stereocenters. The van der Waals surface area contributed by atoms with Gasteiger partial charge in [0.2, 0.25) is 0 Å². The highest BCUT2D eigenvalue weighted by Crippen LogP contribution is 2.66. The second-order valence-electron chi connectivity index (χ2n) is 15.5. The van der Waals surface area contributed by atoms with Gasteiger partial charge in [0.05, 0.1) is 5.41 Å². The standard InChI is InChI=1S/C53H32O/c1-2-12-31(13-3-1)42-28-34-15-11-21-38-43(29-35-16-10-20-37(42)48(35)49(34)38)33-24-26-39-46(30-33)53(45-27-25-32-14-4-5-17-36(32)50(39)45)44-22-8-6-18-40(44)52-51(53)41-19-7-9-23-47(41)54-52/h1-30,48-49H. The molecule has 54 heavy (non-hydrogen) atoms. The van der Waals surface area contributed by atoms with E-state index < -0.39 is 5.41 Å². The highest BCUT2D eigenvalue weighted by atomic mass is 16.3. The fourth-order valence-corrected chi connectivity index (χ4v) is 11.0. The maximum Gasteiger partial charge on any atom is 0.140 e. The first kappa shape index (κ1) is 28.8. The molecule has 6 aliphatic rings. The van der Waals surface area contributed by atoms with Crippen molar-refractivity contribution in [1.82, 2.24) is 0 Å². The number of fused-ring (bicyclic) bond motifs is 14. The Labute approximate surface area is 313 Å². The van der Waals surface area contributed by atoms with Crippen LogP contribution < -0.4 is 0 Å². The molecule has 0 aliphatic heterocycles. The molecule has 7 aromatic rings. The van der Waals surface area contributed by atoms with Crippen LogP contribution in [0, 0.1) is 11.8 Å². The van der Waals surface area contributed by atoms with Gasteiger partial charge in [-0.1, -0.05) is 170 Å². The van der Waals surface area contributed by atoms with Crippen LogP contribution in [0.2, 0.25) is 0 Å². The van der Waals surface area contributed by atoms with Gasteiger partial charge in [0.25, 0.3) is 0 Å². The smallest absolute Gasteiger partial charge is 0.140 e. The van der Waals surface area contributed by atoms with Gasteiger partial charge in [-0.2, -0.15) is 0 Å². The molecule has 250 valence electrons. The maximum atomic E-state index is 6.83. The van der Waals surface area contributed by atoms with Gasteiger partial charge in [0.15, 0.2) is 0 Å². The van der Waals surface area contributed by atoms with Crippen molar-refractivity contribution >= 4 is 32.9 Å². The third kappa shape index (κ3) is 3.46. The SMILES string of the molecule is C1=CC2=CC(c3ccccc3)=C3C=CC=C4C=C(c5ccc6c(c5)C5(c7ccccc7-c7oc8ccccc8c75)c5ccc7ccccc7c5-6)C(=C1)C2C43. The van der Waals surface area contributed by atoms with Crippen LogP contribution in [0.4, 0.5) is 0 Å². The number of hydrogen-bond acceptors (Lipinski definition) is 1. The normalized spacial score (nSPS) is 22.0. The summed E-state index contributed by atoms with van der Waals surface area (Å²) in [4.78, 5) is 0. The minimum Gasteiger partial charge on any atom is -0.456 e. The summed E-state index contributed by atoms with van der Waals surface area (Å²) in [7, 11) is 0. The lowest BCUT2D eigenvalue weighted by Gasteiger charge is -2.43. The largest absolute Gasteiger partial charge is 0.456 e. The lowest BCUT2D eigenvalue weighted by Crippen LogP contribution is -2.31. The molecule has 1 aromatic heterocycles. The predicted octanol–water partition coefficient (Wildman–Crippen LogP) is 12.9. The van der Waals surface area contributed by atoms with Crippen LogP contribution in [0.5, 0.6) is 0 Å². The molecule has 13 rings (SSSR count). The van der Waals surface area contributed by atoms with E-state index in [1.54, 1.807) is 0 Å². The number of hydrogen-bond donors (Lipinski definition) is 0. The van der Waals surface area contributed by atoms with Crippen molar-refractivity contribution in [1.29, 1.82) is 0 Å². The number of furan rings is 1. The molecule has 0 saturated heterocycles. The van der Waals surface area contributed by atoms with E-state index in [1.165, 1.54) is 99.7 Å². The molecule has 0 bridgehead atoms. The molecular formula is C53H32O. The van der Waals surface area contributed by atoms with Gasteiger partial charge < -0.3 is 4.42 Å². The number of rotatable bonds is 2. The van der Waals surface area contributed by atoms with E-state index in [2.05, 4.69) is 182 Å². The zero-order chi connectivity index (χ0) is 35.1. The average molecular weight is 685 g/mol. The lowest BCUT2D eigenvalue weighted by atomic mass is 9.60. The first-order chi connectivity index (χ1) is 26.8. The van der Waals surface area contributed by atoms with Gasteiger partial charge in [-0.05, 0) is 95.3 Å². The Bertz CT molecular complexity index is 3090. The maximum absolute atomic E-state index is 6.83. The van der Waals surface area contributed by atoms with Gasteiger partial charge in [0.1, 0.15) is 11.3 Å². The zero-order valence-corrected chi connectivity index (χ0v) is 29.4. The molecule has 3 atom stereocenters. The lowest BCUT2D eigenvalue weighted by molar-refractivity contribution is 0.571. The second-order valence-corrected chi connectivity index (χ2v) is 15.5. The minimum atomic E-state index is -0.523. The predicted molar refractivity (Wildman–Crippen MR) is 221 cm³/mol. The average Bonchev–Trinajstić information content (AvgIpc) is 3.86. The van der Waals surface area contributed by atoms with E-state index in [9.17, 15) is 0 Å². The van der Waals surface area contributed by atoms with Crippen molar-refractivity contribution in [2.75, 3.05) is 0 Å². The fraction of sp³-hybridized carbons (Fsp3) is 0.0566. The Morgan fingerprint density at radius 3 is 2.30 bits per heavy atom. The minimum absolute atomic E-state index is 0.272. The van der Waals surface area contributed by atoms with E-state index in [0.717, 1.165) is 11.3 Å². The third-order valence-corrected chi connectivity index (χ3v) is 13.1. The van der Waals surface area contributed by atoms with Crippen LogP contribution in [-0.2, 0) is 5.41 Å². The molecule has 6 aromatic carbocycles. The number of para-hydroxylation sites is 1. The molecule has 0 saturated carbocycles. The summed E-state index contributed by atoms with van der Waals surface area (Å²) in [6, 6.07) is 49.4. The molecule has 1 heteroatoms. The van der Waals surface area contributed by atoms with Crippen molar-refractivity contribution in [3.8, 4) is 22.5 Å². The van der Waals surface area contributed by atoms with Crippen molar-refractivity contribution < 1.29 is 4.42 Å². The van der Waals surface area contributed by atoms with Crippen molar-refractivity contribution in [3.05, 3.63) is 238 Å². The van der Waals surface area contributed by atoms with Crippen molar-refractivity contribution in [2.24, 2.45) is 11.8 Å². The Morgan fingerprint density at radius 1 is 0.537 bits per heavy atom. The summed E-state index contributed by atoms with van der Waals surface area (Å²) in [6.07, 6.45) is 18.9. The summed E-state index contributed by atoms with van der Waals surface area (Å²) in [6.45, 7) is 0. The van der Waals surface area contributed by atoms with Crippen LogP contribution in [0.1, 0.15) is 33.4 Å². The van der Waals surface area contributed by atoms with Gasteiger partial charge in [0, 0.05) is 28.3 Å². The zero-order valence-electron chi connectivity index (χ0n) is 29.4. The van der Waals surface area contributed by atoms with Crippen LogP contribution in [-0.4, -0.2) is 0 Å². The molecule has 1 spiro atoms. The quantitative estimate of drug-likeness (QED) is 0.177. The summed E-state index contributed by atoms with van der Waals surface area (Å²) in [5.74, 6) is 1.56. The molecule has 0 fully saturated rings.